The second-order valence-electron chi connectivity index (χ2n) is 8.13. The average molecular weight is 548 g/mol. The van der Waals surface area contributed by atoms with Gasteiger partial charge in [0.2, 0.25) is 5.91 Å². The van der Waals surface area contributed by atoms with Crippen molar-refractivity contribution in [3.63, 3.8) is 0 Å². The normalized spacial score (nSPS) is 14.9. The maximum atomic E-state index is 14.0. The number of hydrogen-bond donors (Lipinski definition) is 2. The van der Waals surface area contributed by atoms with Gasteiger partial charge in [0.25, 0.3) is 0 Å². The van der Waals surface area contributed by atoms with E-state index in [9.17, 15) is 19.2 Å². The first-order chi connectivity index (χ1) is 18.4. The van der Waals surface area contributed by atoms with E-state index < -0.39 is 23.6 Å². The van der Waals surface area contributed by atoms with Crippen molar-refractivity contribution in [1.82, 2.24) is 5.32 Å². The van der Waals surface area contributed by atoms with Crippen LogP contribution in [-0.4, -0.2) is 24.2 Å². The van der Waals surface area contributed by atoms with Crippen molar-refractivity contribution in [3.8, 4) is 6.07 Å². The highest BCUT2D eigenvalue weighted by Crippen LogP contribution is 2.45. The van der Waals surface area contributed by atoms with Gasteiger partial charge < -0.3 is 15.4 Å². The molecule has 192 valence electrons. The predicted octanol–water partition coefficient (Wildman–Crippen LogP) is 6.25. The molecule has 2 N–H and O–H groups in total. The Labute approximate surface area is 229 Å². The number of halogens is 2. The summed E-state index contributed by atoms with van der Waals surface area (Å²) in [6.07, 6.45) is 0. The number of anilines is 1. The van der Waals surface area contributed by atoms with Gasteiger partial charge in [-0.25, -0.2) is 9.18 Å². The minimum absolute atomic E-state index is 0.0626. The monoisotopic (exact) mass is 547 g/mol. The van der Waals surface area contributed by atoms with E-state index in [1.807, 2.05) is 30.3 Å². The lowest BCUT2D eigenvalue weighted by molar-refractivity contribution is -0.138. The molecule has 1 heterocycles. The van der Waals surface area contributed by atoms with Crippen molar-refractivity contribution in [2.75, 3.05) is 17.7 Å². The fraction of sp³-hybridized carbons (Fsp3) is 0.138. The minimum Gasteiger partial charge on any atom is -0.463 e. The second kappa shape index (κ2) is 12.5. The summed E-state index contributed by atoms with van der Waals surface area (Å²) in [6.45, 7) is 1.85. The number of hydrogen-bond acceptors (Lipinski definition) is 6. The Bertz CT molecular complexity index is 1470. The number of nitrogens with zero attached hydrogens (tertiary/aromatic N) is 1. The maximum Gasteiger partial charge on any atom is 0.337 e. The van der Waals surface area contributed by atoms with E-state index in [0.29, 0.717) is 26.9 Å². The summed E-state index contributed by atoms with van der Waals surface area (Å²) in [7, 11) is 0. The van der Waals surface area contributed by atoms with Gasteiger partial charge in [0, 0.05) is 5.02 Å². The van der Waals surface area contributed by atoms with Gasteiger partial charge >= 0.3 is 5.97 Å². The molecule has 0 bridgehead atoms. The lowest BCUT2D eigenvalue weighted by atomic mass is 9.81. The molecule has 0 aliphatic carbocycles. The molecule has 0 aromatic heterocycles. The fourth-order valence-corrected chi connectivity index (χ4v) is 5.15. The summed E-state index contributed by atoms with van der Waals surface area (Å²) in [5.74, 6) is -2.55. The van der Waals surface area contributed by atoms with E-state index in [2.05, 4.69) is 16.7 Å². The van der Waals surface area contributed by atoms with Crippen LogP contribution in [0.25, 0.3) is 5.70 Å². The molecule has 3 aromatic rings. The lowest BCUT2D eigenvalue weighted by Gasteiger charge is -2.31. The highest BCUT2D eigenvalue weighted by atomic mass is 35.5. The van der Waals surface area contributed by atoms with Crippen LogP contribution in [0.15, 0.2) is 95.0 Å². The third-order valence-electron chi connectivity index (χ3n) is 5.72. The zero-order chi connectivity index (χ0) is 27.1. The van der Waals surface area contributed by atoms with Gasteiger partial charge in [0.15, 0.2) is 0 Å². The molecule has 6 nitrogen and oxygen atoms in total. The van der Waals surface area contributed by atoms with Crippen LogP contribution >= 0.6 is 23.4 Å². The molecule has 0 fully saturated rings. The molecular formula is C29H23ClFN3O3S. The zero-order valence-electron chi connectivity index (χ0n) is 20.3. The second-order valence-corrected chi connectivity index (χ2v) is 9.52. The number of rotatable bonds is 8. The molecule has 4 rings (SSSR count). The van der Waals surface area contributed by atoms with Crippen LogP contribution in [0.5, 0.6) is 0 Å². The van der Waals surface area contributed by atoms with Crippen molar-refractivity contribution < 1.29 is 18.7 Å². The SMILES string of the molecule is CCOC(=O)C1=C(c2ccccc2)NC(SCC(=O)Nc2ccccc2F)=C(C#N)C1c1ccccc1Cl. The van der Waals surface area contributed by atoms with Crippen LogP contribution in [-0.2, 0) is 14.3 Å². The summed E-state index contributed by atoms with van der Waals surface area (Å²) in [4.78, 5) is 26.0. The van der Waals surface area contributed by atoms with Gasteiger partial charge in [0.1, 0.15) is 5.82 Å². The number of dihydropyridines is 1. The average Bonchev–Trinajstić information content (AvgIpc) is 2.93. The Morgan fingerprint density at radius 3 is 2.45 bits per heavy atom. The Kier molecular flexibility index (Phi) is 8.85. The number of allylic oxidation sites excluding steroid dienone is 1. The van der Waals surface area contributed by atoms with Crippen LogP contribution in [0.1, 0.15) is 24.0 Å². The topological polar surface area (TPSA) is 91.2 Å². The van der Waals surface area contributed by atoms with Gasteiger partial charge in [-0.05, 0) is 36.2 Å². The number of carbonyl (C=O) groups excluding carboxylic acids is 2. The Balaban J connectivity index is 1.78. The van der Waals surface area contributed by atoms with E-state index in [0.717, 1.165) is 11.8 Å². The molecule has 1 aliphatic heterocycles. The number of ether oxygens (including phenoxy) is 1. The van der Waals surface area contributed by atoms with Gasteiger partial charge in [-0.15, -0.1) is 0 Å². The van der Waals surface area contributed by atoms with Crippen LogP contribution < -0.4 is 10.6 Å². The minimum atomic E-state index is -0.846. The summed E-state index contributed by atoms with van der Waals surface area (Å²) >= 11 is 7.64. The quantitative estimate of drug-likeness (QED) is 0.324. The number of amides is 1. The molecule has 9 heteroatoms. The Morgan fingerprint density at radius 2 is 1.76 bits per heavy atom. The molecule has 0 spiro atoms. The van der Waals surface area contributed by atoms with Crippen molar-refractivity contribution in [3.05, 3.63) is 117 Å². The van der Waals surface area contributed by atoms with E-state index in [-0.39, 0.29) is 29.2 Å². The largest absolute Gasteiger partial charge is 0.463 e. The Morgan fingerprint density at radius 1 is 1.08 bits per heavy atom. The molecule has 1 unspecified atom stereocenters. The van der Waals surface area contributed by atoms with Crippen molar-refractivity contribution in [2.45, 2.75) is 12.8 Å². The third kappa shape index (κ3) is 5.91. The number of esters is 1. The summed E-state index contributed by atoms with van der Waals surface area (Å²) in [5.41, 5.74) is 2.21. The number of nitrogens with one attached hydrogen (secondary N) is 2. The number of nitriles is 1. The van der Waals surface area contributed by atoms with Crippen LogP contribution in [0.3, 0.4) is 0 Å². The van der Waals surface area contributed by atoms with Crippen molar-refractivity contribution in [2.24, 2.45) is 0 Å². The van der Waals surface area contributed by atoms with E-state index in [4.69, 9.17) is 16.3 Å². The number of thioether (sulfide) groups is 1. The van der Waals surface area contributed by atoms with E-state index >= 15 is 0 Å². The van der Waals surface area contributed by atoms with Crippen molar-refractivity contribution >= 4 is 46.6 Å². The van der Waals surface area contributed by atoms with Gasteiger partial charge in [0.05, 0.1) is 51.9 Å². The third-order valence-corrected chi connectivity index (χ3v) is 7.08. The molecule has 1 amide bonds. The molecule has 38 heavy (non-hydrogen) atoms. The van der Waals surface area contributed by atoms with Crippen molar-refractivity contribution in [1.29, 1.82) is 5.26 Å². The first-order valence-corrected chi connectivity index (χ1v) is 13.1. The highest BCUT2D eigenvalue weighted by Gasteiger charge is 2.38. The van der Waals surface area contributed by atoms with E-state index in [1.165, 1.54) is 18.2 Å². The summed E-state index contributed by atoms with van der Waals surface area (Å²) in [6, 6.07) is 24.2. The standard InChI is InChI=1S/C29H23ClFN3O3S/c1-2-37-29(36)26-25(19-12-6-7-13-21(19)30)20(16-32)28(34-27(26)18-10-4-3-5-11-18)38-17-24(35)33-23-15-9-8-14-22(23)31/h3-15,25,34H,2,17H2,1H3,(H,33,35). The number of carbonyl (C=O) groups is 2. The van der Waals surface area contributed by atoms with Crippen LogP contribution in [0, 0.1) is 17.1 Å². The zero-order valence-corrected chi connectivity index (χ0v) is 21.9. The molecule has 3 aromatic carbocycles. The number of benzene rings is 3. The number of para-hydroxylation sites is 1. The first-order valence-electron chi connectivity index (χ1n) is 11.7. The summed E-state index contributed by atoms with van der Waals surface area (Å²) in [5, 5.41) is 16.8. The maximum absolute atomic E-state index is 14.0. The lowest BCUT2D eigenvalue weighted by Crippen LogP contribution is -2.30. The fourth-order valence-electron chi connectivity index (χ4n) is 4.07. The molecule has 0 radical (unpaired) electrons. The molecule has 1 atom stereocenters. The molecular weight excluding hydrogens is 525 g/mol. The van der Waals surface area contributed by atoms with E-state index in [1.54, 1.807) is 37.3 Å². The molecule has 1 aliphatic rings. The highest BCUT2D eigenvalue weighted by molar-refractivity contribution is 8.03. The summed E-state index contributed by atoms with van der Waals surface area (Å²) < 4.78 is 19.4. The van der Waals surface area contributed by atoms with Gasteiger partial charge in [-0.2, -0.15) is 5.26 Å². The first kappa shape index (κ1) is 27.0. The van der Waals surface area contributed by atoms with Gasteiger partial charge in [-0.3, -0.25) is 4.79 Å². The Hall–Kier alpha value is -4.06. The predicted molar refractivity (Wildman–Crippen MR) is 147 cm³/mol. The van der Waals surface area contributed by atoms with Crippen LogP contribution in [0.4, 0.5) is 10.1 Å². The molecule has 0 saturated heterocycles. The molecule has 0 saturated carbocycles. The smallest absolute Gasteiger partial charge is 0.337 e. The van der Waals surface area contributed by atoms with Gasteiger partial charge in [-0.1, -0.05) is 84.0 Å². The van der Waals surface area contributed by atoms with Crippen LogP contribution in [0.2, 0.25) is 5.02 Å².